The van der Waals surface area contributed by atoms with Crippen LogP contribution in [0.3, 0.4) is 0 Å². The van der Waals surface area contributed by atoms with Crippen LogP contribution < -0.4 is 16.0 Å². The van der Waals surface area contributed by atoms with Crippen LogP contribution in [-0.4, -0.2) is 33.6 Å². The van der Waals surface area contributed by atoms with Crippen molar-refractivity contribution in [1.29, 1.82) is 0 Å². The minimum Gasteiger partial charge on any atom is -0.462 e. The average Bonchev–Trinajstić information content (AvgIpc) is 2.98. The molecule has 1 amide bonds. The van der Waals surface area contributed by atoms with E-state index >= 15 is 0 Å². The topological polar surface area (TPSA) is 79.5 Å². The smallest absolute Gasteiger partial charge is 0.341 e. The van der Waals surface area contributed by atoms with Crippen molar-refractivity contribution in [2.24, 2.45) is 0 Å². The molecular formula is C18H24Cl3N3O3S2. The second-order valence-electron chi connectivity index (χ2n) is 6.53. The van der Waals surface area contributed by atoms with Gasteiger partial charge in [0.1, 0.15) is 11.2 Å². The number of esters is 1. The van der Waals surface area contributed by atoms with Crippen LogP contribution in [0, 0.1) is 0 Å². The van der Waals surface area contributed by atoms with Crippen molar-refractivity contribution in [3.63, 3.8) is 0 Å². The molecule has 0 fully saturated rings. The van der Waals surface area contributed by atoms with Crippen LogP contribution in [0.4, 0.5) is 5.00 Å². The molecule has 162 valence electrons. The maximum atomic E-state index is 12.5. The molecule has 0 radical (unpaired) electrons. The molecule has 3 N–H and O–H groups in total. The maximum absolute atomic E-state index is 12.5. The lowest BCUT2D eigenvalue weighted by atomic mass is 9.95. The SMILES string of the molecule is CCCC(=O)N[C@H](NC(=S)Nc1sc2c(c1C(=O)OCC)CCCC2)C(Cl)(Cl)Cl. The summed E-state index contributed by atoms with van der Waals surface area (Å²) < 4.78 is 3.41. The largest absolute Gasteiger partial charge is 0.462 e. The molecule has 1 aliphatic carbocycles. The maximum Gasteiger partial charge on any atom is 0.341 e. The Labute approximate surface area is 195 Å². The van der Waals surface area contributed by atoms with Crippen molar-refractivity contribution < 1.29 is 14.3 Å². The van der Waals surface area contributed by atoms with E-state index < -0.39 is 9.96 Å². The molecule has 0 saturated heterocycles. The van der Waals surface area contributed by atoms with E-state index in [0.717, 1.165) is 36.1 Å². The highest BCUT2D eigenvalue weighted by Gasteiger charge is 2.35. The molecule has 0 unspecified atom stereocenters. The first kappa shape index (κ1) is 24.5. The Morgan fingerprint density at radius 3 is 2.52 bits per heavy atom. The average molecular weight is 501 g/mol. The molecule has 0 aromatic carbocycles. The summed E-state index contributed by atoms with van der Waals surface area (Å²) in [6, 6.07) is 0. The van der Waals surface area contributed by atoms with Crippen molar-refractivity contribution in [2.75, 3.05) is 11.9 Å². The number of aryl methyl sites for hydroxylation is 1. The lowest BCUT2D eigenvalue weighted by Crippen LogP contribution is -2.56. The summed E-state index contributed by atoms with van der Waals surface area (Å²) in [6.07, 6.45) is 3.76. The van der Waals surface area contributed by atoms with Crippen molar-refractivity contribution in [3.8, 4) is 0 Å². The molecule has 11 heteroatoms. The highest BCUT2D eigenvalue weighted by Crippen LogP contribution is 2.38. The van der Waals surface area contributed by atoms with Gasteiger partial charge in [0.25, 0.3) is 0 Å². The molecule has 0 aliphatic heterocycles. The number of rotatable bonds is 7. The van der Waals surface area contributed by atoms with Crippen LogP contribution in [0.5, 0.6) is 0 Å². The normalized spacial score (nSPS) is 14.5. The summed E-state index contributed by atoms with van der Waals surface area (Å²) in [5, 5.41) is 9.19. The quantitative estimate of drug-likeness (QED) is 0.218. The van der Waals surface area contributed by atoms with Gasteiger partial charge in [0.05, 0.1) is 12.2 Å². The number of alkyl halides is 3. The Kier molecular flexibility index (Phi) is 9.28. The highest BCUT2D eigenvalue weighted by atomic mass is 35.6. The Morgan fingerprint density at radius 2 is 1.90 bits per heavy atom. The third-order valence-corrected chi connectivity index (χ3v) is 6.34. The second-order valence-corrected chi connectivity index (χ2v) is 10.4. The first-order valence-electron chi connectivity index (χ1n) is 9.42. The molecule has 1 aromatic heterocycles. The van der Waals surface area contributed by atoms with Gasteiger partial charge in [-0.15, -0.1) is 11.3 Å². The van der Waals surface area contributed by atoms with Crippen LogP contribution in [0.25, 0.3) is 0 Å². The van der Waals surface area contributed by atoms with E-state index in [2.05, 4.69) is 16.0 Å². The van der Waals surface area contributed by atoms with Gasteiger partial charge in [0.15, 0.2) is 5.11 Å². The predicted molar refractivity (Wildman–Crippen MR) is 123 cm³/mol. The van der Waals surface area contributed by atoms with Gasteiger partial charge in [0.2, 0.25) is 9.70 Å². The summed E-state index contributed by atoms with van der Waals surface area (Å²) in [7, 11) is 0. The Balaban J connectivity index is 2.19. The number of amides is 1. The summed E-state index contributed by atoms with van der Waals surface area (Å²) in [5.41, 5.74) is 1.52. The molecule has 1 heterocycles. The van der Waals surface area contributed by atoms with E-state index in [9.17, 15) is 9.59 Å². The van der Waals surface area contributed by atoms with E-state index in [1.54, 1.807) is 6.92 Å². The highest BCUT2D eigenvalue weighted by molar-refractivity contribution is 7.80. The summed E-state index contributed by atoms with van der Waals surface area (Å²) in [6.45, 7) is 3.92. The van der Waals surface area contributed by atoms with Gasteiger partial charge in [-0.2, -0.15) is 0 Å². The summed E-state index contributed by atoms with van der Waals surface area (Å²) in [5.74, 6) is -0.649. The third-order valence-electron chi connectivity index (χ3n) is 4.26. The minimum atomic E-state index is -1.83. The lowest BCUT2D eigenvalue weighted by molar-refractivity contribution is -0.121. The molecular weight excluding hydrogens is 477 g/mol. The zero-order valence-corrected chi connectivity index (χ0v) is 20.1. The molecule has 1 aromatic rings. The fourth-order valence-corrected chi connectivity index (χ4v) is 4.90. The van der Waals surface area contributed by atoms with Crippen LogP contribution in [0.1, 0.15) is 60.3 Å². The number of anilines is 1. The monoisotopic (exact) mass is 499 g/mol. The lowest BCUT2D eigenvalue weighted by Gasteiger charge is -2.27. The molecule has 1 aliphatic rings. The molecule has 2 rings (SSSR count). The fraction of sp³-hybridized carbons (Fsp3) is 0.611. The van der Waals surface area contributed by atoms with Gasteiger partial charge in [-0.05, 0) is 56.8 Å². The molecule has 29 heavy (non-hydrogen) atoms. The molecule has 1 atom stereocenters. The summed E-state index contributed by atoms with van der Waals surface area (Å²) >= 11 is 24.8. The van der Waals surface area contributed by atoms with Crippen molar-refractivity contribution in [1.82, 2.24) is 10.6 Å². The first-order chi connectivity index (χ1) is 13.7. The van der Waals surface area contributed by atoms with E-state index in [4.69, 9.17) is 51.8 Å². The number of carbonyl (C=O) groups is 2. The van der Waals surface area contributed by atoms with Crippen molar-refractivity contribution >= 4 is 80.3 Å². The number of ether oxygens (including phenoxy) is 1. The number of fused-ring (bicyclic) bond motifs is 1. The zero-order chi connectivity index (χ0) is 21.6. The summed E-state index contributed by atoms with van der Waals surface area (Å²) in [4.78, 5) is 25.6. The number of hydrogen-bond acceptors (Lipinski definition) is 5. The van der Waals surface area contributed by atoms with Crippen LogP contribution in [0.2, 0.25) is 0 Å². The standard InChI is InChI=1S/C18H24Cl3N3O3S2/c1-3-7-12(25)22-16(18(19,20)21)24-17(28)23-14-13(15(26)27-4-2)10-8-5-6-9-11(10)29-14/h16H,3-9H2,1-2H3,(H,22,25)(H2,23,24,28)/t16-/m1/s1. The van der Waals surface area contributed by atoms with Crippen LogP contribution >= 0.6 is 58.4 Å². The minimum absolute atomic E-state index is 0.127. The number of thiophene rings is 1. The predicted octanol–water partition coefficient (Wildman–Crippen LogP) is 4.70. The van der Waals surface area contributed by atoms with Gasteiger partial charge in [0, 0.05) is 11.3 Å². The van der Waals surface area contributed by atoms with E-state index in [1.807, 2.05) is 6.92 Å². The van der Waals surface area contributed by atoms with Crippen LogP contribution in [-0.2, 0) is 22.4 Å². The Bertz CT molecular complexity index is 766. The van der Waals surface area contributed by atoms with Gasteiger partial charge < -0.3 is 20.7 Å². The Morgan fingerprint density at radius 1 is 1.21 bits per heavy atom. The molecule has 0 bridgehead atoms. The van der Waals surface area contributed by atoms with Gasteiger partial charge in [-0.3, -0.25) is 4.79 Å². The van der Waals surface area contributed by atoms with Crippen molar-refractivity contribution in [3.05, 3.63) is 16.0 Å². The number of carbonyl (C=O) groups excluding carboxylic acids is 2. The van der Waals surface area contributed by atoms with Crippen LogP contribution in [0.15, 0.2) is 0 Å². The fourth-order valence-electron chi connectivity index (χ4n) is 3.00. The van der Waals surface area contributed by atoms with Gasteiger partial charge in [-0.25, -0.2) is 4.79 Å². The van der Waals surface area contributed by atoms with E-state index in [-0.39, 0.29) is 23.6 Å². The van der Waals surface area contributed by atoms with Gasteiger partial charge >= 0.3 is 5.97 Å². The third kappa shape index (κ3) is 6.85. The number of halogens is 3. The molecule has 0 saturated carbocycles. The van der Waals surface area contributed by atoms with Crippen molar-refractivity contribution in [2.45, 2.75) is 62.3 Å². The molecule has 6 nitrogen and oxygen atoms in total. The van der Waals surface area contributed by atoms with E-state index in [1.165, 1.54) is 11.3 Å². The zero-order valence-electron chi connectivity index (χ0n) is 16.2. The van der Waals surface area contributed by atoms with E-state index in [0.29, 0.717) is 23.4 Å². The molecule has 0 spiro atoms. The number of hydrogen-bond donors (Lipinski definition) is 3. The second kappa shape index (κ2) is 11.0. The Hall–Kier alpha value is -0.800. The number of thiocarbonyl (C=S) groups is 1. The van der Waals surface area contributed by atoms with Gasteiger partial charge in [-0.1, -0.05) is 41.7 Å². The number of nitrogens with one attached hydrogen (secondary N) is 3. The first-order valence-corrected chi connectivity index (χ1v) is 11.8.